The second-order valence-corrected chi connectivity index (χ2v) is 4.86. The molecule has 0 saturated heterocycles. The summed E-state index contributed by atoms with van der Waals surface area (Å²) in [6.45, 7) is 3.00. The molecule has 0 aliphatic rings. The van der Waals surface area contributed by atoms with Gasteiger partial charge in [0.1, 0.15) is 12.1 Å². The Morgan fingerprint density at radius 1 is 1.37 bits per heavy atom. The molecular weight excluding hydrogens is 262 g/mol. The van der Waals surface area contributed by atoms with Crippen LogP contribution in [0.1, 0.15) is 13.3 Å². The third-order valence-electron chi connectivity index (χ3n) is 2.49. The highest BCUT2D eigenvalue weighted by molar-refractivity contribution is 7.99. The van der Waals surface area contributed by atoms with E-state index >= 15 is 0 Å². The number of oxazole rings is 1. The molecule has 7 heteroatoms. The Balaban J connectivity index is 1.97. The molecule has 0 radical (unpaired) electrons. The van der Waals surface area contributed by atoms with Crippen molar-refractivity contribution in [3.8, 4) is 0 Å². The first kappa shape index (κ1) is 12.0. The molecule has 3 heterocycles. The number of hydrogen-bond acceptors (Lipinski definition) is 6. The van der Waals surface area contributed by atoms with Gasteiger partial charge >= 0.3 is 0 Å². The van der Waals surface area contributed by atoms with Crippen molar-refractivity contribution in [2.75, 3.05) is 11.9 Å². The van der Waals surface area contributed by atoms with Crippen molar-refractivity contribution in [2.24, 2.45) is 0 Å². The van der Waals surface area contributed by atoms with E-state index in [-0.39, 0.29) is 0 Å². The number of rotatable bonds is 5. The molecule has 0 atom stereocenters. The Morgan fingerprint density at radius 3 is 3.11 bits per heavy atom. The second-order valence-electron chi connectivity index (χ2n) is 3.92. The maximum Gasteiger partial charge on any atom is 0.262 e. The summed E-state index contributed by atoms with van der Waals surface area (Å²) in [7, 11) is 0. The van der Waals surface area contributed by atoms with E-state index in [2.05, 4.69) is 27.2 Å². The van der Waals surface area contributed by atoms with Crippen LogP contribution in [-0.4, -0.2) is 25.9 Å². The Bertz CT molecular complexity index is 664. The molecule has 6 nitrogen and oxygen atoms in total. The number of imidazole rings is 1. The van der Waals surface area contributed by atoms with Crippen LogP contribution in [0.3, 0.4) is 0 Å². The molecule has 19 heavy (non-hydrogen) atoms. The van der Waals surface area contributed by atoms with Gasteiger partial charge in [-0.15, -0.1) is 0 Å². The lowest BCUT2D eigenvalue weighted by Crippen LogP contribution is -2.04. The summed E-state index contributed by atoms with van der Waals surface area (Å²) in [5.74, 6) is 0.821. The maximum absolute atomic E-state index is 5.24. The average molecular weight is 275 g/mol. The first-order valence-electron chi connectivity index (χ1n) is 6.01. The van der Waals surface area contributed by atoms with Crippen molar-refractivity contribution in [1.29, 1.82) is 0 Å². The Labute approximate surface area is 114 Å². The van der Waals surface area contributed by atoms with Crippen LogP contribution in [0.4, 0.5) is 5.82 Å². The fourth-order valence-electron chi connectivity index (χ4n) is 1.65. The minimum absolute atomic E-state index is 0.560. The molecule has 0 aromatic carbocycles. The van der Waals surface area contributed by atoms with Crippen molar-refractivity contribution in [3.63, 3.8) is 0 Å². The Kier molecular flexibility index (Phi) is 3.37. The van der Waals surface area contributed by atoms with Gasteiger partial charge in [-0.1, -0.05) is 6.92 Å². The largest absolute Gasteiger partial charge is 0.440 e. The molecule has 0 fully saturated rings. The summed E-state index contributed by atoms with van der Waals surface area (Å²) >= 11 is 1.36. The Morgan fingerprint density at radius 2 is 2.32 bits per heavy atom. The average Bonchev–Trinajstić information content (AvgIpc) is 3.06. The second kappa shape index (κ2) is 5.31. The molecule has 0 amide bonds. The number of aromatic nitrogens is 4. The molecule has 1 N–H and O–H groups in total. The van der Waals surface area contributed by atoms with E-state index in [9.17, 15) is 0 Å². The number of anilines is 1. The summed E-state index contributed by atoms with van der Waals surface area (Å²) < 4.78 is 7.18. The smallest absolute Gasteiger partial charge is 0.262 e. The zero-order chi connectivity index (χ0) is 13.1. The van der Waals surface area contributed by atoms with Gasteiger partial charge in [-0.2, -0.15) is 0 Å². The first-order chi connectivity index (χ1) is 9.36. The number of nitrogens with zero attached hydrogens (tertiary/aromatic N) is 4. The topological polar surface area (TPSA) is 68.2 Å². The van der Waals surface area contributed by atoms with Gasteiger partial charge in [0.25, 0.3) is 5.22 Å². The molecule has 0 aliphatic heterocycles. The normalized spacial score (nSPS) is 11.0. The van der Waals surface area contributed by atoms with Gasteiger partial charge in [-0.25, -0.2) is 15.0 Å². The summed E-state index contributed by atoms with van der Waals surface area (Å²) in [6.07, 6.45) is 9.78. The van der Waals surface area contributed by atoms with E-state index in [0.29, 0.717) is 5.22 Å². The molecule has 3 aromatic rings. The molecule has 3 aromatic heterocycles. The lowest BCUT2D eigenvalue weighted by molar-refractivity contribution is 0.454. The SMILES string of the molecule is CCCNc1cn2ccnc2c(Sc2ncco2)n1. The predicted molar refractivity (Wildman–Crippen MR) is 72.4 cm³/mol. The van der Waals surface area contributed by atoms with Crippen LogP contribution in [0.15, 0.2) is 45.7 Å². The number of fused-ring (bicyclic) bond motifs is 1. The fraction of sp³-hybridized carbons (Fsp3) is 0.250. The van der Waals surface area contributed by atoms with Gasteiger partial charge in [0, 0.05) is 18.9 Å². The van der Waals surface area contributed by atoms with Crippen LogP contribution in [0, 0.1) is 0 Å². The molecule has 0 aliphatic carbocycles. The third kappa shape index (κ3) is 2.55. The molecule has 0 spiro atoms. The third-order valence-corrected chi connectivity index (χ3v) is 3.34. The van der Waals surface area contributed by atoms with Crippen LogP contribution >= 0.6 is 11.8 Å². The van der Waals surface area contributed by atoms with E-state index in [0.717, 1.165) is 29.5 Å². The lowest BCUT2D eigenvalue weighted by Gasteiger charge is -2.07. The summed E-state index contributed by atoms with van der Waals surface area (Å²) in [5.41, 5.74) is 0.797. The highest BCUT2D eigenvalue weighted by atomic mass is 32.2. The fourth-order valence-corrected chi connectivity index (χ4v) is 2.43. The highest BCUT2D eigenvalue weighted by Crippen LogP contribution is 2.28. The van der Waals surface area contributed by atoms with Gasteiger partial charge in [-0.05, 0) is 18.2 Å². The van der Waals surface area contributed by atoms with Crippen molar-refractivity contribution >= 4 is 23.2 Å². The summed E-state index contributed by atoms with van der Waals surface area (Å²) in [4.78, 5) is 13.0. The molecule has 98 valence electrons. The maximum atomic E-state index is 5.24. The zero-order valence-corrected chi connectivity index (χ0v) is 11.2. The van der Waals surface area contributed by atoms with Crippen LogP contribution in [-0.2, 0) is 0 Å². The standard InChI is InChI=1S/C12H13N5OS/c1-2-3-13-9-8-17-6-4-14-10(17)11(16-9)19-12-15-5-7-18-12/h4-8,13H,2-3H2,1H3. The minimum Gasteiger partial charge on any atom is -0.440 e. The first-order valence-corrected chi connectivity index (χ1v) is 6.83. The molecule has 3 rings (SSSR count). The van der Waals surface area contributed by atoms with Crippen LogP contribution in [0.2, 0.25) is 0 Å². The van der Waals surface area contributed by atoms with Gasteiger partial charge in [-0.3, -0.25) is 0 Å². The van der Waals surface area contributed by atoms with Crippen molar-refractivity contribution in [3.05, 3.63) is 31.1 Å². The number of nitrogens with one attached hydrogen (secondary N) is 1. The zero-order valence-electron chi connectivity index (χ0n) is 10.4. The summed E-state index contributed by atoms with van der Waals surface area (Å²) in [6, 6.07) is 0. The van der Waals surface area contributed by atoms with Crippen molar-refractivity contribution < 1.29 is 4.42 Å². The van der Waals surface area contributed by atoms with E-state index in [1.54, 1.807) is 18.7 Å². The van der Waals surface area contributed by atoms with E-state index in [1.165, 1.54) is 11.8 Å². The molecule has 0 bridgehead atoms. The van der Waals surface area contributed by atoms with Gasteiger partial charge in [0.05, 0.1) is 12.4 Å². The van der Waals surface area contributed by atoms with Gasteiger partial charge < -0.3 is 14.1 Å². The molecule has 0 unspecified atom stereocenters. The monoisotopic (exact) mass is 275 g/mol. The minimum atomic E-state index is 0.560. The van der Waals surface area contributed by atoms with E-state index in [1.807, 2.05) is 16.8 Å². The quantitative estimate of drug-likeness (QED) is 0.772. The summed E-state index contributed by atoms with van der Waals surface area (Å²) in [5, 5.41) is 4.60. The predicted octanol–water partition coefficient (Wildman–Crippen LogP) is 2.69. The van der Waals surface area contributed by atoms with E-state index in [4.69, 9.17) is 4.42 Å². The van der Waals surface area contributed by atoms with Crippen molar-refractivity contribution in [2.45, 2.75) is 23.6 Å². The van der Waals surface area contributed by atoms with Crippen molar-refractivity contribution in [1.82, 2.24) is 19.4 Å². The van der Waals surface area contributed by atoms with Crippen LogP contribution < -0.4 is 5.32 Å². The van der Waals surface area contributed by atoms with E-state index < -0.39 is 0 Å². The lowest BCUT2D eigenvalue weighted by atomic mass is 10.5. The number of hydrogen-bond donors (Lipinski definition) is 1. The highest BCUT2D eigenvalue weighted by Gasteiger charge is 2.11. The molecule has 0 saturated carbocycles. The van der Waals surface area contributed by atoms with Crippen LogP contribution in [0.25, 0.3) is 5.65 Å². The Hall–Kier alpha value is -2.02. The van der Waals surface area contributed by atoms with Gasteiger partial charge in [0.15, 0.2) is 10.7 Å². The van der Waals surface area contributed by atoms with Crippen LogP contribution in [0.5, 0.6) is 0 Å². The molecular formula is C12H13N5OS. The van der Waals surface area contributed by atoms with Gasteiger partial charge in [0.2, 0.25) is 0 Å².